The Labute approximate surface area is 161 Å². The van der Waals surface area contributed by atoms with E-state index in [0.717, 1.165) is 0 Å². The average Bonchev–Trinajstić information content (AvgIpc) is 3.08. The third-order valence-electron chi connectivity index (χ3n) is 4.34. The fourth-order valence-electron chi connectivity index (χ4n) is 2.87. The molecule has 2 aromatic carbocycles. The number of halogens is 1. The van der Waals surface area contributed by atoms with E-state index in [-0.39, 0.29) is 31.3 Å². The second kappa shape index (κ2) is 8.22. The van der Waals surface area contributed by atoms with Crippen molar-refractivity contribution in [2.45, 2.75) is 6.42 Å². The lowest BCUT2D eigenvalue weighted by molar-refractivity contribution is -0.147. The predicted octanol–water partition coefficient (Wildman–Crippen LogP) is 3.13. The van der Waals surface area contributed by atoms with Crippen molar-refractivity contribution >= 4 is 34.9 Å². The minimum atomic E-state index is -0.610. The van der Waals surface area contributed by atoms with Gasteiger partial charge >= 0.3 is 5.97 Å². The van der Waals surface area contributed by atoms with Gasteiger partial charge in [0.25, 0.3) is 0 Å². The first-order valence-electron chi connectivity index (χ1n) is 8.37. The summed E-state index contributed by atoms with van der Waals surface area (Å²) in [5.41, 5.74) is 1.07. The Kier molecular flexibility index (Phi) is 5.76. The van der Waals surface area contributed by atoms with Crippen molar-refractivity contribution in [1.82, 2.24) is 0 Å². The van der Waals surface area contributed by atoms with Crippen LogP contribution in [-0.4, -0.2) is 37.9 Å². The molecule has 0 N–H and O–H groups in total. The maximum atomic E-state index is 12.3. The van der Waals surface area contributed by atoms with E-state index in [2.05, 4.69) is 0 Å². The summed E-state index contributed by atoms with van der Waals surface area (Å²) < 4.78 is 10.3. The number of carbonyl (C=O) groups excluding carboxylic acids is 3. The Bertz CT molecular complexity index is 865. The van der Waals surface area contributed by atoms with Crippen LogP contribution in [0.2, 0.25) is 5.02 Å². The normalized spacial score (nSPS) is 16.3. The van der Waals surface area contributed by atoms with Crippen LogP contribution >= 0.6 is 11.6 Å². The van der Waals surface area contributed by atoms with Gasteiger partial charge in [-0.3, -0.25) is 14.4 Å². The first kappa shape index (κ1) is 18.9. The summed E-state index contributed by atoms with van der Waals surface area (Å²) in [6.07, 6.45) is 0.0468. The molecule has 0 bridgehead atoms. The Balaban J connectivity index is 1.58. The van der Waals surface area contributed by atoms with Crippen LogP contribution in [0, 0.1) is 5.92 Å². The molecule has 27 heavy (non-hydrogen) atoms. The lowest BCUT2D eigenvalue weighted by Crippen LogP contribution is -2.27. The van der Waals surface area contributed by atoms with Crippen LogP contribution in [0.25, 0.3) is 0 Å². The topological polar surface area (TPSA) is 72.9 Å². The maximum absolute atomic E-state index is 12.3. The highest BCUT2D eigenvalue weighted by Gasteiger charge is 2.36. The SMILES string of the molecule is COc1cccc(N2CC(C(=O)OCC(=O)c3ccc(Cl)cc3)CC2=O)c1. The van der Waals surface area contributed by atoms with E-state index >= 15 is 0 Å². The summed E-state index contributed by atoms with van der Waals surface area (Å²) in [6, 6.07) is 13.4. The number of hydrogen-bond acceptors (Lipinski definition) is 5. The van der Waals surface area contributed by atoms with Gasteiger partial charge in [-0.2, -0.15) is 0 Å². The van der Waals surface area contributed by atoms with Gasteiger partial charge in [-0.1, -0.05) is 17.7 Å². The van der Waals surface area contributed by atoms with Gasteiger partial charge in [0.15, 0.2) is 12.4 Å². The molecule has 1 atom stereocenters. The molecule has 7 heteroatoms. The fraction of sp³-hybridized carbons (Fsp3) is 0.250. The van der Waals surface area contributed by atoms with E-state index in [1.165, 1.54) is 4.90 Å². The molecule has 1 fully saturated rings. The Morgan fingerprint density at radius 2 is 1.93 bits per heavy atom. The molecule has 1 unspecified atom stereocenters. The molecule has 0 radical (unpaired) electrons. The molecule has 3 rings (SSSR count). The lowest BCUT2D eigenvalue weighted by atomic mass is 10.1. The monoisotopic (exact) mass is 387 g/mol. The number of esters is 1. The number of ketones is 1. The van der Waals surface area contributed by atoms with Crippen LogP contribution in [0.15, 0.2) is 48.5 Å². The summed E-state index contributed by atoms with van der Waals surface area (Å²) in [5, 5.41) is 0.519. The van der Waals surface area contributed by atoms with Crippen LogP contribution in [0.3, 0.4) is 0 Å². The predicted molar refractivity (Wildman–Crippen MR) is 100 cm³/mol. The van der Waals surface area contributed by atoms with Crippen molar-refractivity contribution in [2.75, 3.05) is 25.2 Å². The highest BCUT2D eigenvalue weighted by atomic mass is 35.5. The van der Waals surface area contributed by atoms with Crippen molar-refractivity contribution in [2.24, 2.45) is 5.92 Å². The van der Waals surface area contributed by atoms with Gasteiger partial charge in [-0.05, 0) is 36.4 Å². The molecular weight excluding hydrogens is 370 g/mol. The first-order chi connectivity index (χ1) is 13.0. The van der Waals surface area contributed by atoms with Crippen LogP contribution in [0.4, 0.5) is 5.69 Å². The minimum absolute atomic E-state index is 0.0468. The number of carbonyl (C=O) groups is 3. The van der Waals surface area contributed by atoms with Gasteiger partial charge in [-0.25, -0.2) is 0 Å². The van der Waals surface area contributed by atoms with E-state index in [1.807, 2.05) is 0 Å². The molecule has 0 aromatic heterocycles. The van der Waals surface area contributed by atoms with Crippen LogP contribution in [0.1, 0.15) is 16.8 Å². The Morgan fingerprint density at radius 1 is 1.19 bits per heavy atom. The van der Waals surface area contributed by atoms with E-state index in [4.69, 9.17) is 21.1 Å². The molecule has 0 aliphatic carbocycles. The second-order valence-corrected chi connectivity index (χ2v) is 6.58. The molecular formula is C20H18ClNO5. The number of rotatable bonds is 6. The van der Waals surface area contributed by atoms with E-state index in [1.54, 1.807) is 55.6 Å². The van der Waals surface area contributed by atoms with Crippen molar-refractivity contribution in [3.8, 4) is 5.75 Å². The number of amides is 1. The zero-order valence-corrected chi connectivity index (χ0v) is 15.4. The number of nitrogens with zero attached hydrogens (tertiary/aromatic N) is 1. The number of benzene rings is 2. The fourth-order valence-corrected chi connectivity index (χ4v) is 2.99. The highest BCUT2D eigenvalue weighted by Crippen LogP contribution is 2.28. The highest BCUT2D eigenvalue weighted by molar-refractivity contribution is 6.30. The zero-order chi connectivity index (χ0) is 19.4. The largest absolute Gasteiger partial charge is 0.497 e. The zero-order valence-electron chi connectivity index (χ0n) is 14.7. The molecule has 2 aromatic rings. The molecule has 1 aliphatic rings. The van der Waals surface area contributed by atoms with Gasteiger partial charge in [-0.15, -0.1) is 0 Å². The summed E-state index contributed by atoms with van der Waals surface area (Å²) in [5.74, 6) is -1.04. The molecule has 1 aliphatic heterocycles. The number of methoxy groups -OCH3 is 1. The molecule has 1 saturated heterocycles. The van der Waals surface area contributed by atoms with Crippen molar-refractivity contribution in [3.63, 3.8) is 0 Å². The molecule has 1 amide bonds. The summed E-state index contributed by atoms with van der Waals surface area (Å²) in [4.78, 5) is 38.2. The van der Waals surface area contributed by atoms with Crippen LogP contribution in [-0.2, 0) is 14.3 Å². The number of Topliss-reactive ketones (excluding diaryl/α,β-unsaturated/α-hetero) is 1. The summed E-state index contributed by atoms with van der Waals surface area (Å²) >= 11 is 5.79. The molecule has 6 nitrogen and oxygen atoms in total. The maximum Gasteiger partial charge on any atom is 0.311 e. The van der Waals surface area contributed by atoms with Crippen molar-refractivity contribution in [1.29, 1.82) is 0 Å². The van der Waals surface area contributed by atoms with Crippen molar-refractivity contribution in [3.05, 3.63) is 59.1 Å². The summed E-state index contributed by atoms with van der Waals surface area (Å²) in [6.45, 7) is -0.162. The standard InChI is InChI=1S/C20H18ClNO5/c1-26-17-4-2-3-16(10-17)22-11-14(9-19(22)24)20(25)27-12-18(23)13-5-7-15(21)8-6-13/h2-8,10,14H,9,11-12H2,1H3. The lowest BCUT2D eigenvalue weighted by Gasteiger charge is -2.17. The number of anilines is 1. The number of hydrogen-bond donors (Lipinski definition) is 0. The van der Waals surface area contributed by atoms with E-state index < -0.39 is 11.9 Å². The third-order valence-corrected chi connectivity index (χ3v) is 4.59. The Hall–Kier alpha value is -2.86. The van der Waals surface area contributed by atoms with Crippen LogP contribution in [0.5, 0.6) is 5.75 Å². The van der Waals surface area contributed by atoms with Crippen molar-refractivity contribution < 1.29 is 23.9 Å². The third kappa shape index (κ3) is 4.46. The van der Waals surface area contributed by atoms with E-state index in [0.29, 0.717) is 22.0 Å². The Morgan fingerprint density at radius 3 is 2.63 bits per heavy atom. The van der Waals surface area contributed by atoms with E-state index in [9.17, 15) is 14.4 Å². The summed E-state index contributed by atoms with van der Waals surface area (Å²) in [7, 11) is 1.54. The number of ether oxygens (including phenoxy) is 2. The molecule has 0 saturated carbocycles. The molecule has 1 heterocycles. The second-order valence-electron chi connectivity index (χ2n) is 6.14. The molecule has 140 valence electrons. The average molecular weight is 388 g/mol. The van der Waals surface area contributed by atoms with Gasteiger partial charge < -0.3 is 14.4 Å². The van der Waals surface area contributed by atoms with Gasteiger partial charge in [0.05, 0.1) is 13.0 Å². The van der Waals surface area contributed by atoms with Gasteiger partial charge in [0, 0.05) is 35.3 Å². The smallest absolute Gasteiger partial charge is 0.311 e. The first-order valence-corrected chi connectivity index (χ1v) is 8.75. The van der Waals surface area contributed by atoms with Gasteiger partial charge in [0.1, 0.15) is 5.75 Å². The quantitative estimate of drug-likeness (QED) is 0.562. The van der Waals surface area contributed by atoms with Gasteiger partial charge in [0.2, 0.25) is 5.91 Å². The molecule has 0 spiro atoms. The minimum Gasteiger partial charge on any atom is -0.497 e. The van der Waals surface area contributed by atoms with Crippen LogP contribution < -0.4 is 9.64 Å².